The second kappa shape index (κ2) is 7.85. The predicted molar refractivity (Wildman–Crippen MR) is 91.5 cm³/mol. The van der Waals surface area contributed by atoms with Crippen LogP contribution < -0.4 is 16.0 Å². The summed E-state index contributed by atoms with van der Waals surface area (Å²) in [6.45, 7) is 1.88. The Kier molecular flexibility index (Phi) is 6.06. The number of benzene rings is 1. The lowest BCUT2D eigenvalue weighted by atomic mass is 10.2. The van der Waals surface area contributed by atoms with E-state index in [0.29, 0.717) is 18.0 Å². The summed E-state index contributed by atoms with van der Waals surface area (Å²) in [7, 11) is -3.06. The van der Waals surface area contributed by atoms with E-state index in [1.54, 1.807) is 31.2 Å². The zero-order valence-corrected chi connectivity index (χ0v) is 14.8. The smallest absolute Gasteiger partial charge is 0.315 e. The number of nitrogens with one attached hydrogen (secondary N) is 3. The SMILES string of the molecule is C[C@H](NC(=O)N[C@H]1CCS(=O)(=O)C1)C(=O)NCc1ccc(Cl)cc1. The highest BCUT2D eigenvalue weighted by molar-refractivity contribution is 7.91. The van der Waals surface area contributed by atoms with Gasteiger partial charge in [-0.25, -0.2) is 13.2 Å². The highest BCUT2D eigenvalue weighted by Crippen LogP contribution is 2.11. The minimum Gasteiger partial charge on any atom is -0.350 e. The highest BCUT2D eigenvalue weighted by Gasteiger charge is 2.29. The van der Waals surface area contributed by atoms with Gasteiger partial charge in [0.05, 0.1) is 11.5 Å². The van der Waals surface area contributed by atoms with Crippen molar-refractivity contribution in [3.05, 3.63) is 34.9 Å². The van der Waals surface area contributed by atoms with Crippen molar-refractivity contribution in [2.45, 2.75) is 32.0 Å². The molecule has 9 heteroatoms. The van der Waals surface area contributed by atoms with E-state index < -0.39 is 28.0 Å². The van der Waals surface area contributed by atoms with Crippen molar-refractivity contribution in [3.63, 3.8) is 0 Å². The Morgan fingerprint density at radius 2 is 1.96 bits per heavy atom. The molecule has 1 aromatic carbocycles. The highest BCUT2D eigenvalue weighted by atomic mass is 35.5. The summed E-state index contributed by atoms with van der Waals surface area (Å²) in [4.78, 5) is 23.8. The van der Waals surface area contributed by atoms with Gasteiger partial charge in [-0.05, 0) is 31.0 Å². The first-order valence-corrected chi connectivity index (χ1v) is 9.75. The van der Waals surface area contributed by atoms with Gasteiger partial charge in [0.1, 0.15) is 6.04 Å². The molecule has 1 aliphatic heterocycles. The Balaban J connectivity index is 1.74. The lowest BCUT2D eigenvalue weighted by Crippen LogP contribution is -2.50. The van der Waals surface area contributed by atoms with Gasteiger partial charge in [0, 0.05) is 17.6 Å². The van der Waals surface area contributed by atoms with Gasteiger partial charge in [-0.1, -0.05) is 23.7 Å². The van der Waals surface area contributed by atoms with E-state index in [-0.39, 0.29) is 17.4 Å². The average molecular weight is 374 g/mol. The normalized spacial score (nSPS) is 20.2. The molecule has 0 spiro atoms. The number of sulfone groups is 1. The van der Waals surface area contributed by atoms with Gasteiger partial charge in [-0.15, -0.1) is 0 Å². The third-order valence-corrected chi connectivity index (χ3v) is 5.71. The van der Waals surface area contributed by atoms with Crippen LogP contribution in [0.4, 0.5) is 4.79 Å². The minimum atomic E-state index is -3.06. The third kappa shape index (κ3) is 5.68. The van der Waals surface area contributed by atoms with Gasteiger partial charge < -0.3 is 16.0 Å². The third-order valence-electron chi connectivity index (χ3n) is 3.69. The maximum Gasteiger partial charge on any atom is 0.315 e. The van der Waals surface area contributed by atoms with Crippen molar-refractivity contribution in [2.75, 3.05) is 11.5 Å². The van der Waals surface area contributed by atoms with Crippen molar-refractivity contribution in [1.29, 1.82) is 0 Å². The number of hydrogen-bond acceptors (Lipinski definition) is 4. The Morgan fingerprint density at radius 3 is 2.54 bits per heavy atom. The number of halogens is 1. The molecule has 0 aliphatic carbocycles. The Labute approximate surface area is 146 Å². The molecule has 0 unspecified atom stereocenters. The molecule has 7 nitrogen and oxygen atoms in total. The van der Waals surface area contributed by atoms with Crippen molar-refractivity contribution in [2.24, 2.45) is 0 Å². The standard InChI is InChI=1S/C15H20ClN3O4S/c1-10(14(20)17-8-11-2-4-12(16)5-3-11)18-15(21)19-13-6-7-24(22,23)9-13/h2-5,10,13H,6-9H2,1H3,(H,17,20)(H2,18,19,21)/t10-,13-/m0/s1. The van der Waals surface area contributed by atoms with Crippen LogP contribution in [0, 0.1) is 0 Å². The fourth-order valence-electron chi connectivity index (χ4n) is 2.34. The number of carbonyl (C=O) groups is 2. The molecule has 1 saturated heterocycles. The summed E-state index contributed by atoms with van der Waals surface area (Å²) < 4.78 is 22.7. The summed E-state index contributed by atoms with van der Waals surface area (Å²) in [6.07, 6.45) is 0.396. The summed E-state index contributed by atoms with van der Waals surface area (Å²) in [5.74, 6) is -0.314. The van der Waals surface area contributed by atoms with Crippen LogP contribution in [-0.2, 0) is 21.2 Å². The van der Waals surface area contributed by atoms with Crippen LogP contribution in [-0.4, -0.2) is 43.9 Å². The molecule has 1 fully saturated rings. The van der Waals surface area contributed by atoms with Gasteiger partial charge in [0.15, 0.2) is 9.84 Å². The van der Waals surface area contributed by atoms with Crippen molar-refractivity contribution >= 4 is 33.4 Å². The van der Waals surface area contributed by atoms with Crippen LogP contribution in [0.15, 0.2) is 24.3 Å². The molecule has 3 amide bonds. The number of carbonyl (C=O) groups excluding carboxylic acids is 2. The lowest BCUT2D eigenvalue weighted by Gasteiger charge is -2.17. The zero-order valence-electron chi connectivity index (χ0n) is 13.2. The van der Waals surface area contributed by atoms with Crippen LogP contribution in [0.25, 0.3) is 0 Å². The first kappa shape index (κ1) is 18.5. The number of hydrogen-bond donors (Lipinski definition) is 3. The van der Waals surface area contributed by atoms with E-state index >= 15 is 0 Å². The maximum absolute atomic E-state index is 12.0. The fraction of sp³-hybridized carbons (Fsp3) is 0.467. The number of urea groups is 1. The van der Waals surface area contributed by atoms with Crippen LogP contribution in [0.2, 0.25) is 5.02 Å². The molecule has 3 N–H and O–H groups in total. The molecule has 24 heavy (non-hydrogen) atoms. The fourth-order valence-corrected chi connectivity index (χ4v) is 4.14. The van der Waals surface area contributed by atoms with Gasteiger partial charge >= 0.3 is 6.03 Å². The van der Waals surface area contributed by atoms with Gasteiger partial charge in [-0.2, -0.15) is 0 Å². The molecule has 0 bridgehead atoms. The van der Waals surface area contributed by atoms with Gasteiger partial charge in [-0.3, -0.25) is 4.79 Å². The molecule has 1 heterocycles. The summed E-state index contributed by atoms with van der Waals surface area (Å²) in [6, 6.07) is 5.37. The second-order valence-corrected chi connectivity index (χ2v) is 8.45. The van der Waals surface area contributed by atoms with Crippen LogP contribution in [0.3, 0.4) is 0 Å². The van der Waals surface area contributed by atoms with E-state index in [4.69, 9.17) is 11.6 Å². The Bertz CT molecular complexity index is 706. The Morgan fingerprint density at radius 1 is 1.29 bits per heavy atom. The van der Waals surface area contributed by atoms with Crippen molar-refractivity contribution in [1.82, 2.24) is 16.0 Å². The lowest BCUT2D eigenvalue weighted by molar-refractivity contribution is -0.122. The van der Waals surface area contributed by atoms with E-state index in [1.807, 2.05) is 0 Å². The molecule has 132 valence electrons. The minimum absolute atomic E-state index is 0.0580. The Hall–Kier alpha value is -1.80. The van der Waals surface area contributed by atoms with E-state index in [9.17, 15) is 18.0 Å². The monoisotopic (exact) mass is 373 g/mol. The van der Waals surface area contributed by atoms with E-state index in [0.717, 1.165) is 5.56 Å². The molecular formula is C15H20ClN3O4S. The van der Waals surface area contributed by atoms with Crippen molar-refractivity contribution in [3.8, 4) is 0 Å². The molecule has 0 saturated carbocycles. The molecule has 2 rings (SSSR count). The summed E-state index contributed by atoms with van der Waals surface area (Å²) in [5.41, 5.74) is 0.889. The molecule has 1 aromatic rings. The molecule has 0 radical (unpaired) electrons. The first-order valence-electron chi connectivity index (χ1n) is 7.55. The van der Waals surface area contributed by atoms with Gasteiger partial charge in [0.2, 0.25) is 5.91 Å². The second-order valence-electron chi connectivity index (χ2n) is 5.78. The first-order chi connectivity index (χ1) is 11.2. The zero-order chi connectivity index (χ0) is 17.7. The molecular weight excluding hydrogens is 354 g/mol. The quantitative estimate of drug-likeness (QED) is 0.711. The van der Waals surface area contributed by atoms with Crippen LogP contribution in [0.1, 0.15) is 18.9 Å². The van der Waals surface area contributed by atoms with Crippen LogP contribution in [0.5, 0.6) is 0 Å². The largest absolute Gasteiger partial charge is 0.350 e. The molecule has 1 aliphatic rings. The molecule has 2 atom stereocenters. The average Bonchev–Trinajstić information content (AvgIpc) is 2.84. The van der Waals surface area contributed by atoms with Crippen molar-refractivity contribution < 1.29 is 18.0 Å². The van der Waals surface area contributed by atoms with E-state index in [2.05, 4.69) is 16.0 Å². The number of amides is 3. The molecule has 0 aromatic heterocycles. The van der Waals surface area contributed by atoms with Crippen LogP contribution >= 0.6 is 11.6 Å². The summed E-state index contributed by atoms with van der Waals surface area (Å²) in [5, 5.41) is 8.40. The predicted octanol–water partition coefficient (Wildman–Crippen LogP) is 0.831. The summed E-state index contributed by atoms with van der Waals surface area (Å²) >= 11 is 5.79. The van der Waals surface area contributed by atoms with Gasteiger partial charge in [0.25, 0.3) is 0 Å². The number of rotatable bonds is 5. The maximum atomic E-state index is 12.0. The topological polar surface area (TPSA) is 104 Å². The van der Waals surface area contributed by atoms with E-state index in [1.165, 1.54) is 0 Å².